The van der Waals surface area contributed by atoms with E-state index in [9.17, 15) is 13.2 Å². The fourth-order valence-electron chi connectivity index (χ4n) is 1.76. The Kier molecular flexibility index (Phi) is 4.53. The standard InChI is InChI=1S/C14H15F3N2OS/c1-8(2)11-7-21-13(19-11)12(18)9-4-3-5-10(6-9)20-14(15,16)17/h3-8,12H,18H2,1-2H3. The number of thiazole rings is 1. The first-order valence-electron chi connectivity index (χ1n) is 6.33. The van der Waals surface area contributed by atoms with E-state index in [4.69, 9.17) is 5.73 Å². The third-order valence-corrected chi connectivity index (χ3v) is 3.79. The molecule has 7 heteroatoms. The number of hydrogen-bond donors (Lipinski definition) is 1. The summed E-state index contributed by atoms with van der Waals surface area (Å²) in [4.78, 5) is 4.42. The maximum absolute atomic E-state index is 12.2. The van der Waals surface area contributed by atoms with Gasteiger partial charge in [0.05, 0.1) is 11.7 Å². The van der Waals surface area contributed by atoms with Crippen molar-refractivity contribution in [1.29, 1.82) is 0 Å². The number of rotatable bonds is 4. The van der Waals surface area contributed by atoms with Crippen LogP contribution in [0.2, 0.25) is 0 Å². The van der Waals surface area contributed by atoms with Crippen molar-refractivity contribution in [1.82, 2.24) is 4.98 Å². The zero-order valence-electron chi connectivity index (χ0n) is 11.5. The summed E-state index contributed by atoms with van der Waals surface area (Å²) in [7, 11) is 0. The van der Waals surface area contributed by atoms with Gasteiger partial charge in [0, 0.05) is 5.38 Å². The molecule has 1 atom stereocenters. The van der Waals surface area contributed by atoms with Crippen LogP contribution in [0.1, 0.15) is 42.1 Å². The maximum Gasteiger partial charge on any atom is 0.573 e. The Morgan fingerprint density at radius 2 is 2.00 bits per heavy atom. The SMILES string of the molecule is CC(C)c1csc(C(N)c2cccc(OC(F)(F)F)c2)n1. The Labute approximate surface area is 124 Å². The second-order valence-corrected chi connectivity index (χ2v) is 5.75. The molecule has 0 fully saturated rings. The molecule has 3 nitrogen and oxygen atoms in total. The van der Waals surface area contributed by atoms with Crippen LogP contribution in [0.25, 0.3) is 0 Å². The van der Waals surface area contributed by atoms with Crippen LogP contribution in [-0.4, -0.2) is 11.3 Å². The molecule has 0 radical (unpaired) electrons. The fourth-order valence-corrected chi connectivity index (χ4v) is 2.76. The van der Waals surface area contributed by atoms with E-state index in [0.717, 1.165) is 5.69 Å². The van der Waals surface area contributed by atoms with Crippen molar-refractivity contribution in [3.05, 3.63) is 45.9 Å². The van der Waals surface area contributed by atoms with E-state index in [1.807, 2.05) is 19.2 Å². The number of hydrogen-bond acceptors (Lipinski definition) is 4. The van der Waals surface area contributed by atoms with Crippen LogP contribution in [-0.2, 0) is 0 Å². The molecule has 0 amide bonds. The van der Waals surface area contributed by atoms with Crippen molar-refractivity contribution < 1.29 is 17.9 Å². The molecule has 0 bridgehead atoms. The molecule has 0 aliphatic carbocycles. The molecular weight excluding hydrogens is 301 g/mol. The van der Waals surface area contributed by atoms with Crippen molar-refractivity contribution in [2.24, 2.45) is 5.73 Å². The van der Waals surface area contributed by atoms with E-state index >= 15 is 0 Å². The number of alkyl halides is 3. The number of ether oxygens (including phenoxy) is 1. The van der Waals surface area contributed by atoms with E-state index in [-0.39, 0.29) is 11.7 Å². The Hall–Kier alpha value is -1.60. The number of benzene rings is 1. The Morgan fingerprint density at radius 1 is 1.29 bits per heavy atom. The van der Waals surface area contributed by atoms with Crippen LogP contribution >= 0.6 is 11.3 Å². The predicted molar refractivity (Wildman–Crippen MR) is 75.4 cm³/mol. The van der Waals surface area contributed by atoms with Gasteiger partial charge in [-0.3, -0.25) is 0 Å². The lowest BCUT2D eigenvalue weighted by atomic mass is 10.1. The first-order valence-corrected chi connectivity index (χ1v) is 7.21. The van der Waals surface area contributed by atoms with Gasteiger partial charge in [-0.05, 0) is 23.6 Å². The zero-order chi connectivity index (χ0) is 15.6. The monoisotopic (exact) mass is 316 g/mol. The summed E-state index contributed by atoms with van der Waals surface area (Å²) in [6.45, 7) is 4.03. The first kappa shape index (κ1) is 15.8. The molecule has 2 N–H and O–H groups in total. The molecule has 1 aromatic carbocycles. The third-order valence-electron chi connectivity index (χ3n) is 2.85. The lowest BCUT2D eigenvalue weighted by molar-refractivity contribution is -0.274. The Balaban J connectivity index is 2.22. The molecular formula is C14H15F3N2OS. The summed E-state index contributed by atoms with van der Waals surface area (Å²) in [6.07, 6.45) is -4.71. The topological polar surface area (TPSA) is 48.1 Å². The summed E-state index contributed by atoms with van der Waals surface area (Å²) in [5.41, 5.74) is 7.53. The molecule has 1 heterocycles. The molecule has 2 rings (SSSR count). The summed E-state index contributed by atoms with van der Waals surface area (Å²) in [5.74, 6) is -0.00168. The Morgan fingerprint density at radius 3 is 2.57 bits per heavy atom. The quantitative estimate of drug-likeness (QED) is 0.919. The van der Waals surface area contributed by atoms with Crippen molar-refractivity contribution in [2.45, 2.75) is 32.2 Å². The van der Waals surface area contributed by atoms with Crippen LogP contribution in [0.15, 0.2) is 29.6 Å². The summed E-state index contributed by atoms with van der Waals surface area (Å²) in [6, 6.07) is 5.09. The van der Waals surface area contributed by atoms with Crippen molar-refractivity contribution in [3.8, 4) is 5.75 Å². The van der Waals surface area contributed by atoms with Crippen LogP contribution in [0.3, 0.4) is 0 Å². The van der Waals surface area contributed by atoms with Gasteiger partial charge in [-0.15, -0.1) is 24.5 Å². The van der Waals surface area contributed by atoms with E-state index in [2.05, 4.69) is 9.72 Å². The van der Waals surface area contributed by atoms with E-state index < -0.39 is 12.4 Å². The second kappa shape index (κ2) is 6.03. The summed E-state index contributed by atoms with van der Waals surface area (Å²) < 4.78 is 40.6. The average molecular weight is 316 g/mol. The van der Waals surface area contributed by atoms with Gasteiger partial charge in [-0.1, -0.05) is 26.0 Å². The van der Waals surface area contributed by atoms with Gasteiger partial charge in [0.25, 0.3) is 0 Å². The third kappa shape index (κ3) is 4.18. The van der Waals surface area contributed by atoms with E-state index in [1.165, 1.54) is 29.5 Å². The highest BCUT2D eigenvalue weighted by molar-refractivity contribution is 7.09. The molecule has 1 unspecified atom stereocenters. The molecule has 114 valence electrons. The highest BCUT2D eigenvalue weighted by Gasteiger charge is 2.31. The molecule has 2 aromatic rings. The number of aromatic nitrogens is 1. The summed E-state index contributed by atoms with van der Waals surface area (Å²) in [5, 5.41) is 2.58. The lowest BCUT2D eigenvalue weighted by Crippen LogP contribution is -2.18. The van der Waals surface area contributed by atoms with Gasteiger partial charge in [0.1, 0.15) is 10.8 Å². The number of halogens is 3. The van der Waals surface area contributed by atoms with Crippen LogP contribution in [0, 0.1) is 0 Å². The normalized spacial score (nSPS) is 13.5. The molecule has 0 spiro atoms. The fraction of sp³-hybridized carbons (Fsp3) is 0.357. The minimum absolute atomic E-state index is 0.280. The second-order valence-electron chi connectivity index (χ2n) is 4.86. The zero-order valence-corrected chi connectivity index (χ0v) is 12.3. The van der Waals surface area contributed by atoms with Crippen molar-refractivity contribution in [3.63, 3.8) is 0 Å². The maximum atomic E-state index is 12.2. The smallest absolute Gasteiger partial charge is 0.406 e. The van der Waals surface area contributed by atoms with Gasteiger partial charge in [-0.25, -0.2) is 4.98 Å². The van der Waals surface area contributed by atoms with Crippen molar-refractivity contribution >= 4 is 11.3 Å². The van der Waals surface area contributed by atoms with Crippen molar-refractivity contribution in [2.75, 3.05) is 0 Å². The minimum Gasteiger partial charge on any atom is -0.406 e. The lowest BCUT2D eigenvalue weighted by Gasteiger charge is -2.13. The van der Waals surface area contributed by atoms with Crippen LogP contribution in [0.4, 0.5) is 13.2 Å². The molecule has 21 heavy (non-hydrogen) atoms. The summed E-state index contributed by atoms with van der Waals surface area (Å²) >= 11 is 1.40. The molecule has 0 saturated heterocycles. The van der Waals surface area contributed by atoms with Gasteiger partial charge in [-0.2, -0.15) is 0 Å². The molecule has 0 aliphatic rings. The predicted octanol–water partition coefficient (Wildman–Crippen LogP) is 4.21. The minimum atomic E-state index is -4.71. The van der Waals surface area contributed by atoms with Gasteiger partial charge in [0.2, 0.25) is 0 Å². The van der Waals surface area contributed by atoms with Crippen LogP contribution in [0.5, 0.6) is 5.75 Å². The number of nitrogens with zero attached hydrogens (tertiary/aromatic N) is 1. The van der Waals surface area contributed by atoms with E-state index in [0.29, 0.717) is 10.6 Å². The van der Waals surface area contributed by atoms with E-state index in [1.54, 1.807) is 6.07 Å². The number of nitrogens with two attached hydrogens (primary N) is 1. The largest absolute Gasteiger partial charge is 0.573 e. The molecule has 1 aromatic heterocycles. The van der Waals surface area contributed by atoms with Crippen LogP contribution < -0.4 is 10.5 Å². The highest BCUT2D eigenvalue weighted by Crippen LogP contribution is 2.29. The average Bonchev–Trinajstić information content (AvgIpc) is 2.85. The van der Waals surface area contributed by atoms with Gasteiger partial charge in [0.15, 0.2) is 0 Å². The Bertz CT molecular complexity index is 610. The van der Waals surface area contributed by atoms with Gasteiger partial charge < -0.3 is 10.5 Å². The first-order chi connectivity index (χ1) is 9.76. The molecule has 0 aliphatic heterocycles. The van der Waals surface area contributed by atoms with Gasteiger partial charge >= 0.3 is 6.36 Å². The highest BCUT2D eigenvalue weighted by atomic mass is 32.1. The molecule has 0 saturated carbocycles.